The van der Waals surface area contributed by atoms with Gasteiger partial charge in [-0.2, -0.15) is 0 Å². The average Bonchev–Trinajstić information content (AvgIpc) is 2.95. The summed E-state index contributed by atoms with van der Waals surface area (Å²) in [5, 5.41) is 9.52. The molecule has 0 fully saturated rings. The smallest absolute Gasteiger partial charge is 0.306 e. The molecule has 5 heteroatoms. The number of aliphatic hydroxyl groups excluding tert-OH is 1. The van der Waals surface area contributed by atoms with Crippen molar-refractivity contribution >= 4 is 11.9 Å². The highest BCUT2D eigenvalue weighted by molar-refractivity contribution is 5.70. The maximum absolute atomic E-state index is 12.1. The van der Waals surface area contributed by atoms with Gasteiger partial charge in [0.15, 0.2) is 6.10 Å². The number of unbranched alkanes of at least 4 members (excludes halogenated alkanes) is 20. The highest BCUT2D eigenvalue weighted by atomic mass is 16.6. The fourth-order valence-electron chi connectivity index (χ4n) is 5.45. The number of esters is 2. The first kappa shape index (κ1) is 40.9. The van der Waals surface area contributed by atoms with Gasteiger partial charge >= 0.3 is 11.9 Å². The minimum atomic E-state index is -0.762. The number of carbonyl (C=O) groups is 2. The van der Waals surface area contributed by atoms with Gasteiger partial charge in [-0.15, -0.1) is 0 Å². The third kappa shape index (κ3) is 31.8. The number of rotatable bonds is 32. The highest BCUT2D eigenvalue weighted by Crippen LogP contribution is 2.16. The molecule has 0 radical (unpaired) electrons. The molecule has 1 atom stereocenters. The minimum Gasteiger partial charge on any atom is -0.462 e. The van der Waals surface area contributed by atoms with Gasteiger partial charge in [0.05, 0.1) is 6.61 Å². The molecule has 0 aromatic carbocycles. The Morgan fingerprint density at radius 2 is 0.786 bits per heavy atom. The normalized spacial score (nSPS) is 12.3. The maximum atomic E-state index is 12.1. The quantitative estimate of drug-likeness (QED) is 0.0617. The predicted molar refractivity (Wildman–Crippen MR) is 178 cm³/mol. The van der Waals surface area contributed by atoms with Crippen molar-refractivity contribution in [1.29, 1.82) is 0 Å². The van der Waals surface area contributed by atoms with Crippen LogP contribution in [0.1, 0.15) is 195 Å². The zero-order chi connectivity index (χ0) is 31.1. The Balaban J connectivity index is 3.53. The molecule has 0 rings (SSSR count). The topological polar surface area (TPSA) is 72.8 Å². The SMILES string of the molecule is CC(C)CCCCCCCCCCCCCCC(=O)OC[C@H](CO)OC(=O)CCCCCCCCCCCCC(C)C. The van der Waals surface area contributed by atoms with Crippen molar-refractivity contribution in [1.82, 2.24) is 0 Å². The summed E-state index contributed by atoms with van der Waals surface area (Å²) < 4.78 is 10.6. The lowest BCUT2D eigenvalue weighted by atomic mass is 10.0. The fraction of sp³-hybridized carbons (Fsp3) is 0.946. The maximum Gasteiger partial charge on any atom is 0.306 e. The van der Waals surface area contributed by atoms with Crippen LogP contribution in [0.3, 0.4) is 0 Å². The van der Waals surface area contributed by atoms with Gasteiger partial charge < -0.3 is 14.6 Å². The summed E-state index contributed by atoms with van der Waals surface area (Å²) in [5.74, 6) is 1.09. The van der Waals surface area contributed by atoms with E-state index in [9.17, 15) is 14.7 Å². The molecule has 0 saturated carbocycles. The van der Waals surface area contributed by atoms with E-state index >= 15 is 0 Å². The molecule has 0 aromatic rings. The van der Waals surface area contributed by atoms with E-state index in [4.69, 9.17) is 9.47 Å². The lowest BCUT2D eigenvalue weighted by Gasteiger charge is -2.15. The zero-order valence-electron chi connectivity index (χ0n) is 28.6. The van der Waals surface area contributed by atoms with Crippen LogP contribution in [-0.2, 0) is 19.1 Å². The largest absolute Gasteiger partial charge is 0.462 e. The standard InChI is InChI=1S/C37H72O5/c1-33(2)27-23-19-15-11-7-5-6-8-13-17-21-25-29-36(39)41-32-35(31-38)42-37(40)30-26-22-18-14-10-9-12-16-20-24-28-34(3)4/h33-35,38H,5-32H2,1-4H3/t35-/m0/s1. The summed E-state index contributed by atoms with van der Waals surface area (Å²) in [4.78, 5) is 24.2. The second kappa shape index (κ2) is 31.3. The Morgan fingerprint density at radius 1 is 0.476 bits per heavy atom. The van der Waals surface area contributed by atoms with E-state index in [1.807, 2.05) is 0 Å². The second-order valence-corrected chi connectivity index (χ2v) is 13.6. The third-order valence-electron chi connectivity index (χ3n) is 8.26. The lowest BCUT2D eigenvalue weighted by molar-refractivity contribution is -0.161. The number of hydrogen-bond donors (Lipinski definition) is 1. The zero-order valence-corrected chi connectivity index (χ0v) is 28.6. The molecule has 0 unspecified atom stereocenters. The Morgan fingerprint density at radius 3 is 1.12 bits per heavy atom. The van der Waals surface area contributed by atoms with Gasteiger partial charge in [-0.3, -0.25) is 9.59 Å². The molecular formula is C37H72O5. The molecule has 0 amide bonds. The number of aliphatic hydroxyl groups is 1. The number of ether oxygens (including phenoxy) is 2. The van der Waals surface area contributed by atoms with Crippen LogP contribution in [0.15, 0.2) is 0 Å². The summed E-state index contributed by atoms with van der Waals surface area (Å²) in [6.07, 6.45) is 30.2. The van der Waals surface area contributed by atoms with Crippen LogP contribution in [0.25, 0.3) is 0 Å². The second-order valence-electron chi connectivity index (χ2n) is 13.6. The third-order valence-corrected chi connectivity index (χ3v) is 8.26. The molecule has 5 nitrogen and oxygen atoms in total. The molecule has 1 N–H and O–H groups in total. The summed E-state index contributed by atoms with van der Waals surface area (Å²) in [7, 11) is 0. The summed E-state index contributed by atoms with van der Waals surface area (Å²) in [6, 6.07) is 0. The van der Waals surface area contributed by atoms with Gasteiger partial charge in [0.25, 0.3) is 0 Å². The van der Waals surface area contributed by atoms with Crippen LogP contribution in [0.5, 0.6) is 0 Å². The lowest BCUT2D eigenvalue weighted by Crippen LogP contribution is -2.28. The van der Waals surface area contributed by atoms with Gasteiger partial charge in [0.1, 0.15) is 6.61 Å². The van der Waals surface area contributed by atoms with Gasteiger partial charge in [-0.25, -0.2) is 0 Å². The molecule has 0 aromatic heterocycles. The van der Waals surface area contributed by atoms with Crippen molar-refractivity contribution in [2.24, 2.45) is 11.8 Å². The van der Waals surface area contributed by atoms with Crippen molar-refractivity contribution in [2.75, 3.05) is 13.2 Å². The van der Waals surface area contributed by atoms with Crippen LogP contribution < -0.4 is 0 Å². The van der Waals surface area contributed by atoms with Crippen molar-refractivity contribution in [3.05, 3.63) is 0 Å². The molecule has 250 valence electrons. The fourth-order valence-corrected chi connectivity index (χ4v) is 5.45. The molecule has 0 aliphatic rings. The average molecular weight is 597 g/mol. The molecular weight excluding hydrogens is 524 g/mol. The van der Waals surface area contributed by atoms with Crippen LogP contribution in [-0.4, -0.2) is 36.4 Å². The van der Waals surface area contributed by atoms with E-state index in [1.54, 1.807) is 0 Å². The Hall–Kier alpha value is -1.10. The predicted octanol–water partition coefficient (Wildman–Crippen LogP) is 10.9. The summed E-state index contributed by atoms with van der Waals surface area (Å²) in [6.45, 7) is 8.82. The molecule has 42 heavy (non-hydrogen) atoms. The molecule has 0 bridgehead atoms. The van der Waals surface area contributed by atoms with Crippen LogP contribution in [0, 0.1) is 11.8 Å². The van der Waals surface area contributed by atoms with Crippen molar-refractivity contribution < 1.29 is 24.2 Å². The van der Waals surface area contributed by atoms with Crippen LogP contribution in [0.2, 0.25) is 0 Å². The molecule has 0 aliphatic heterocycles. The van der Waals surface area contributed by atoms with Crippen molar-refractivity contribution in [2.45, 2.75) is 201 Å². The highest BCUT2D eigenvalue weighted by Gasteiger charge is 2.16. The minimum absolute atomic E-state index is 0.0593. The van der Waals surface area contributed by atoms with Crippen molar-refractivity contribution in [3.63, 3.8) is 0 Å². The van der Waals surface area contributed by atoms with Crippen molar-refractivity contribution in [3.8, 4) is 0 Å². The van der Waals surface area contributed by atoms with Gasteiger partial charge in [-0.05, 0) is 24.7 Å². The van der Waals surface area contributed by atoms with E-state index in [0.29, 0.717) is 12.8 Å². The first-order valence-corrected chi connectivity index (χ1v) is 18.3. The Kier molecular flexibility index (Phi) is 30.5. The first-order chi connectivity index (χ1) is 20.3. The Bertz CT molecular complexity index is 589. The van der Waals surface area contributed by atoms with E-state index in [-0.39, 0.29) is 25.2 Å². The summed E-state index contributed by atoms with van der Waals surface area (Å²) >= 11 is 0. The van der Waals surface area contributed by atoms with E-state index in [1.165, 1.54) is 116 Å². The number of hydrogen-bond acceptors (Lipinski definition) is 5. The molecule has 0 heterocycles. The first-order valence-electron chi connectivity index (χ1n) is 18.3. The summed E-state index contributed by atoms with van der Waals surface area (Å²) in [5.41, 5.74) is 0. The van der Waals surface area contributed by atoms with Gasteiger partial charge in [0, 0.05) is 12.8 Å². The Labute approximate surface area is 261 Å². The van der Waals surface area contributed by atoms with Crippen LogP contribution in [0.4, 0.5) is 0 Å². The molecule has 0 saturated heterocycles. The van der Waals surface area contributed by atoms with E-state index < -0.39 is 6.10 Å². The molecule has 0 aliphatic carbocycles. The molecule has 0 spiro atoms. The van der Waals surface area contributed by atoms with Crippen LogP contribution >= 0.6 is 0 Å². The van der Waals surface area contributed by atoms with Gasteiger partial charge in [-0.1, -0.05) is 169 Å². The van der Waals surface area contributed by atoms with E-state index in [0.717, 1.165) is 50.4 Å². The van der Waals surface area contributed by atoms with E-state index in [2.05, 4.69) is 27.7 Å². The van der Waals surface area contributed by atoms with Gasteiger partial charge in [0.2, 0.25) is 0 Å². The monoisotopic (exact) mass is 597 g/mol. The number of carbonyl (C=O) groups excluding carboxylic acids is 2.